The minimum atomic E-state index is -1.14. The number of ether oxygens (including phenoxy) is 1. The minimum absolute atomic E-state index is 0.0656. The molecular weight excluding hydrogens is 540 g/mol. The summed E-state index contributed by atoms with van der Waals surface area (Å²) >= 11 is 0. The van der Waals surface area contributed by atoms with E-state index in [1.54, 1.807) is 4.90 Å². The average Bonchev–Trinajstić information content (AvgIpc) is 3.62. The van der Waals surface area contributed by atoms with E-state index in [1.165, 1.54) is 12.0 Å². The fourth-order valence-corrected chi connectivity index (χ4v) is 7.95. The molecule has 1 spiro atoms. The lowest BCUT2D eigenvalue weighted by molar-refractivity contribution is -0.141. The van der Waals surface area contributed by atoms with Crippen molar-refractivity contribution in [3.63, 3.8) is 0 Å². The summed E-state index contributed by atoms with van der Waals surface area (Å²) in [6, 6.07) is 7.13. The smallest absolute Gasteiger partial charge is 0.246 e. The van der Waals surface area contributed by atoms with Gasteiger partial charge in [0, 0.05) is 24.8 Å². The second-order valence-electron chi connectivity index (χ2n) is 13.7. The highest BCUT2D eigenvalue weighted by atomic mass is 16.5. The number of carbonyl (C=O) groups is 3. The van der Waals surface area contributed by atoms with E-state index in [4.69, 9.17) is 4.74 Å². The zero-order valence-electron chi connectivity index (χ0n) is 27.0. The first-order valence-corrected chi connectivity index (χ1v) is 16.7. The number of fused-ring (bicyclic) bond motifs is 1. The first kappa shape index (κ1) is 31.7. The number of likely N-dealkylation sites (tertiary alicyclic amines) is 1. The Morgan fingerprint density at radius 3 is 2.40 bits per heavy atom. The van der Waals surface area contributed by atoms with Gasteiger partial charge in [-0.05, 0) is 67.8 Å². The van der Waals surface area contributed by atoms with Gasteiger partial charge in [-0.15, -0.1) is 0 Å². The van der Waals surface area contributed by atoms with Crippen LogP contribution in [-0.4, -0.2) is 77.5 Å². The summed E-state index contributed by atoms with van der Waals surface area (Å²) in [5, 5.41) is 6.41. The zero-order chi connectivity index (χ0) is 30.9. The van der Waals surface area contributed by atoms with Crippen LogP contribution in [0.2, 0.25) is 0 Å². The maximum absolute atomic E-state index is 14.3. The van der Waals surface area contributed by atoms with E-state index in [0.29, 0.717) is 36.5 Å². The Morgan fingerprint density at radius 2 is 1.74 bits per heavy atom. The summed E-state index contributed by atoms with van der Waals surface area (Å²) in [6.45, 7) is 16.1. The van der Waals surface area contributed by atoms with Gasteiger partial charge in [0.05, 0.1) is 17.9 Å². The van der Waals surface area contributed by atoms with Gasteiger partial charge in [0.15, 0.2) is 0 Å². The van der Waals surface area contributed by atoms with Crippen LogP contribution in [0.3, 0.4) is 0 Å². The van der Waals surface area contributed by atoms with Crippen LogP contribution in [0, 0.1) is 23.7 Å². The highest BCUT2D eigenvalue weighted by molar-refractivity contribution is 6.02. The summed E-state index contributed by atoms with van der Waals surface area (Å²) in [5.74, 6) is -0.691. The average molecular weight is 593 g/mol. The van der Waals surface area contributed by atoms with Crippen LogP contribution in [0.1, 0.15) is 85.1 Å². The molecule has 1 aliphatic carbocycles. The Kier molecular flexibility index (Phi) is 9.67. The maximum atomic E-state index is 14.3. The van der Waals surface area contributed by atoms with Gasteiger partial charge in [0.25, 0.3) is 0 Å². The zero-order valence-corrected chi connectivity index (χ0v) is 27.0. The summed E-state index contributed by atoms with van der Waals surface area (Å²) in [4.78, 5) is 46.5. The molecule has 5 rings (SSSR count). The van der Waals surface area contributed by atoms with Crippen molar-refractivity contribution in [2.24, 2.45) is 23.7 Å². The second kappa shape index (κ2) is 13.1. The van der Waals surface area contributed by atoms with Crippen LogP contribution in [-0.2, 0) is 19.1 Å². The molecule has 0 radical (unpaired) electrons. The van der Waals surface area contributed by atoms with Crippen LogP contribution in [0.5, 0.6) is 0 Å². The molecular formula is C35H52N4O4. The molecule has 3 aliphatic heterocycles. The van der Waals surface area contributed by atoms with E-state index in [9.17, 15) is 14.4 Å². The van der Waals surface area contributed by atoms with Crippen molar-refractivity contribution < 1.29 is 19.1 Å². The van der Waals surface area contributed by atoms with E-state index in [0.717, 1.165) is 38.8 Å². The Labute approximate surface area is 258 Å². The molecule has 3 fully saturated rings. The lowest BCUT2D eigenvalue weighted by Gasteiger charge is -2.38. The largest absolute Gasteiger partial charge is 0.359 e. The van der Waals surface area contributed by atoms with Gasteiger partial charge < -0.3 is 25.2 Å². The molecule has 8 heteroatoms. The maximum Gasteiger partial charge on any atom is 0.246 e. The number of hydrogen-bond donors (Lipinski definition) is 2. The Hall–Kier alpha value is -2.71. The van der Waals surface area contributed by atoms with E-state index in [2.05, 4.69) is 57.1 Å². The van der Waals surface area contributed by atoms with Crippen LogP contribution in [0.25, 0.3) is 0 Å². The van der Waals surface area contributed by atoms with Crippen molar-refractivity contribution in [2.45, 2.75) is 103 Å². The summed E-state index contributed by atoms with van der Waals surface area (Å²) in [5.41, 5.74) is 0.751. The van der Waals surface area contributed by atoms with Crippen molar-refractivity contribution in [1.82, 2.24) is 15.1 Å². The van der Waals surface area contributed by atoms with E-state index in [-0.39, 0.29) is 23.8 Å². The SMILES string of the molecule is CCCN(CCC)CCN1C(=O)[C@H]2[C@H](C(=O)Nc3ccc(C(C)C)cc3)[C@H]3C=C[C@@]2(O3)[C@@H]1C(=O)N[C@@H]1CCC[C@@H](C)[C@H]1C. The fraction of sp³-hybridized carbons (Fsp3) is 0.686. The van der Waals surface area contributed by atoms with E-state index in [1.807, 2.05) is 36.4 Å². The van der Waals surface area contributed by atoms with Gasteiger partial charge in [-0.2, -0.15) is 0 Å². The molecule has 0 aromatic heterocycles. The topological polar surface area (TPSA) is 91.0 Å². The molecule has 2 saturated heterocycles. The number of benzene rings is 1. The molecule has 4 aliphatic rings. The Balaban J connectivity index is 1.41. The first-order valence-electron chi connectivity index (χ1n) is 16.7. The number of carbonyl (C=O) groups excluding carboxylic acids is 3. The van der Waals surface area contributed by atoms with Crippen molar-refractivity contribution in [3.05, 3.63) is 42.0 Å². The number of amides is 3. The number of nitrogens with zero attached hydrogens (tertiary/aromatic N) is 2. The lowest BCUT2D eigenvalue weighted by Crippen LogP contribution is -2.58. The summed E-state index contributed by atoms with van der Waals surface area (Å²) < 4.78 is 6.57. The monoisotopic (exact) mass is 592 g/mol. The first-order chi connectivity index (χ1) is 20.6. The summed E-state index contributed by atoms with van der Waals surface area (Å²) in [7, 11) is 0. The predicted octanol–water partition coefficient (Wildman–Crippen LogP) is 4.96. The highest BCUT2D eigenvalue weighted by Gasteiger charge is 2.72. The van der Waals surface area contributed by atoms with Crippen LogP contribution in [0.4, 0.5) is 5.69 Å². The van der Waals surface area contributed by atoms with Crippen LogP contribution in [0.15, 0.2) is 36.4 Å². The second-order valence-corrected chi connectivity index (χ2v) is 13.7. The molecule has 43 heavy (non-hydrogen) atoms. The van der Waals surface area contributed by atoms with Crippen molar-refractivity contribution in [3.8, 4) is 0 Å². The van der Waals surface area contributed by atoms with Crippen molar-refractivity contribution >= 4 is 23.4 Å². The van der Waals surface area contributed by atoms with Gasteiger partial charge in [-0.3, -0.25) is 14.4 Å². The number of nitrogens with one attached hydrogen (secondary N) is 2. The molecule has 8 atom stereocenters. The third kappa shape index (κ3) is 6.02. The van der Waals surface area contributed by atoms with Gasteiger partial charge in [-0.25, -0.2) is 0 Å². The molecule has 3 amide bonds. The van der Waals surface area contributed by atoms with Gasteiger partial charge in [-0.1, -0.05) is 78.7 Å². The quantitative estimate of drug-likeness (QED) is 0.335. The fourth-order valence-electron chi connectivity index (χ4n) is 7.95. The number of hydrogen-bond acceptors (Lipinski definition) is 5. The van der Waals surface area contributed by atoms with Gasteiger partial charge in [0.2, 0.25) is 17.7 Å². The van der Waals surface area contributed by atoms with E-state index >= 15 is 0 Å². The highest BCUT2D eigenvalue weighted by Crippen LogP contribution is 2.55. The molecule has 1 aromatic carbocycles. The molecule has 2 N–H and O–H groups in total. The number of rotatable bonds is 12. The molecule has 236 valence electrons. The lowest BCUT2D eigenvalue weighted by atomic mass is 9.73. The normalized spacial score (nSPS) is 33.0. The molecule has 0 unspecified atom stereocenters. The molecule has 8 nitrogen and oxygen atoms in total. The molecule has 1 aromatic rings. The Morgan fingerprint density at radius 1 is 1.05 bits per heavy atom. The van der Waals surface area contributed by atoms with Crippen molar-refractivity contribution in [1.29, 1.82) is 0 Å². The van der Waals surface area contributed by atoms with E-state index < -0.39 is 29.6 Å². The predicted molar refractivity (Wildman–Crippen MR) is 170 cm³/mol. The van der Waals surface area contributed by atoms with Gasteiger partial charge in [0.1, 0.15) is 11.6 Å². The molecule has 2 bridgehead atoms. The van der Waals surface area contributed by atoms with Crippen LogP contribution >= 0.6 is 0 Å². The number of anilines is 1. The third-order valence-corrected chi connectivity index (χ3v) is 10.5. The molecule has 1 saturated carbocycles. The summed E-state index contributed by atoms with van der Waals surface area (Å²) in [6.07, 6.45) is 8.51. The third-order valence-electron chi connectivity index (χ3n) is 10.5. The van der Waals surface area contributed by atoms with Gasteiger partial charge >= 0.3 is 0 Å². The standard InChI is InChI=1S/C35H52N4O4/c1-7-18-38(19-8-2)20-21-39-31(33(41)37-27-11-9-10-23(5)24(27)6)35-17-16-28(43-35)29(30(35)34(39)42)32(40)36-26-14-12-25(13-15-26)22(3)4/h12-17,22-24,27-31H,7-11,18-21H2,1-6H3,(H,36,40)(H,37,41)/t23-,24-,27-,28-,29-,30-,31+,35+/m1/s1. The molecule has 3 heterocycles. The van der Waals surface area contributed by atoms with Crippen LogP contribution < -0.4 is 10.6 Å². The van der Waals surface area contributed by atoms with Crippen molar-refractivity contribution in [2.75, 3.05) is 31.5 Å². The minimum Gasteiger partial charge on any atom is -0.359 e. The Bertz CT molecular complexity index is 1190.